The van der Waals surface area contributed by atoms with Crippen LogP contribution in [0, 0.1) is 5.92 Å². The third kappa shape index (κ3) is 11.2. The normalized spacial score (nSPS) is 14.6. The minimum Gasteiger partial charge on any atom is -0.406 e. The average Bonchev–Trinajstić information content (AvgIpc) is 3.34. The number of alkyl halides is 3. The molecule has 0 atom stereocenters. The van der Waals surface area contributed by atoms with Crippen LogP contribution < -0.4 is 26.9 Å². The number of rotatable bonds is 13. The molecule has 0 bridgehead atoms. The monoisotopic (exact) mass is 552 g/mol. The molecule has 0 saturated heterocycles. The zero-order valence-electron chi connectivity index (χ0n) is 21.6. The fraction of sp³-hybridized carbons (Fsp3) is 0.520. The van der Waals surface area contributed by atoms with E-state index in [0.717, 1.165) is 25.0 Å². The molecule has 1 heterocycles. The van der Waals surface area contributed by atoms with Gasteiger partial charge in [0.05, 0.1) is 18.8 Å². The van der Waals surface area contributed by atoms with Crippen molar-refractivity contribution in [3.63, 3.8) is 0 Å². The van der Waals surface area contributed by atoms with Crippen LogP contribution in [0.3, 0.4) is 0 Å². The van der Waals surface area contributed by atoms with Crippen molar-refractivity contribution in [1.29, 1.82) is 0 Å². The molecule has 2 amide bonds. The maximum atomic E-state index is 12.4. The number of aromatic nitrogens is 3. The van der Waals surface area contributed by atoms with E-state index in [0.29, 0.717) is 44.0 Å². The van der Waals surface area contributed by atoms with E-state index in [9.17, 15) is 22.8 Å². The van der Waals surface area contributed by atoms with Crippen LogP contribution in [0.15, 0.2) is 42.5 Å². The second kappa shape index (κ2) is 14.4. The van der Waals surface area contributed by atoms with E-state index in [2.05, 4.69) is 25.7 Å². The van der Waals surface area contributed by atoms with Gasteiger partial charge < -0.3 is 26.1 Å². The zero-order chi connectivity index (χ0) is 28.3. The first-order valence-corrected chi connectivity index (χ1v) is 12.9. The van der Waals surface area contributed by atoms with Gasteiger partial charge in [-0.05, 0) is 49.3 Å². The van der Waals surface area contributed by atoms with Gasteiger partial charge >= 0.3 is 6.36 Å². The lowest BCUT2D eigenvalue weighted by molar-refractivity contribution is -0.274. The summed E-state index contributed by atoms with van der Waals surface area (Å²) < 4.78 is 42.6. The molecule has 0 aliphatic heterocycles. The number of hydrazine groups is 1. The van der Waals surface area contributed by atoms with E-state index >= 15 is 0 Å². The van der Waals surface area contributed by atoms with Crippen molar-refractivity contribution >= 4 is 11.8 Å². The van der Waals surface area contributed by atoms with Crippen molar-refractivity contribution in [3.05, 3.63) is 53.7 Å². The topological polar surface area (TPSA) is 153 Å². The number of benzene rings is 1. The van der Waals surface area contributed by atoms with Crippen molar-refractivity contribution in [3.8, 4) is 5.75 Å². The highest BCUT2D eigenvalue weighted by atomic mass is 19.4. The lowest BCUT2D eigenvalue weighted by Crippen LogP contribution is -2.34. The second-order valence-electron chi connectivity index (χ2n) is 9.53. The SMILES string of the molecule is N/C(=C\N(N)CCCCn1cc(C(=O)NCC2CCCCC2)nn1)NC(=O)Cc1cccc(OC(F)(F)F)c1. The molecule has 1 fully saturated rings. The Balaban J connectivity index is 1.33. The predicted octanol–water partition coefficient (Wildman–Crippen LogP) is 2.56. The maximum Gasteiger partial charge on any atom is 0.573 e. The van der Waals surface area contributed by atoms with Crippen LogP contribution >= 0.6 is 0 Å². The molecular formula is C25H35F3N8O3. The summed E-state index contributed by atoms with van der Waals surface area (Å²) >= 11 is 0. The fourth-order valence-electron chi connectivity index (χ4n) is 4.32. The number of carbonyl (C=O) groups is 2. The molecule has 1 aliphatic carbocycles. The van der Waals surface area contributed by atoms with Crippen LogP contribution in [0.4, 0.5) is 13.2 Å². The summed E-state index contributed by atoms with van der Waals surface area (Å²) in [6.45, 7) is 1.64. The van der Waals surface area contributed by atoms with Gasteiger partial charge in [0.15, 0.2) is 5.69 Å². The average molecular weight is 553 g/mol. The van der Waals surface area contributed by atoms with Crippen molar-refractivity contribution in [2.75, 3.05) is 13.1 Å². The van der Waals surface area contributed by atoms with E-state index in [4.69, 9.17) is 11.6 Å². The Hall–Kier alpha value is -3.81. The number of hydrogen-bond acceptors (Lipinski definition) is 8. The molecule has 1 saturated carbocycles. The fourth-order valence-corrected chi connectivity index (χ4v) is 4.32. The zero-order valence-corrected chi connectivity index (χ0v) is 21.6. The lowest BCUT2D eigenvalue weighted by atomic mass is 9.89. The van der Waals surface area contributed by atoms with Gasteiger partial charge in [-0.15, -0.1) is 18.3 Å². The summed E-state index contributed by atoms with van der Waals surface area (Å²) in [4.78, 5) is 24.5. The summed E-state index contributed by atoms with van der Waals surface area (Å²) in [7, 11) is 0. The molecule has 6 N–H and O–H groups in total. The number of aryl methyl sites for hydroxylation is 1. The molecule has 1 aliphatic rings. The van der Waals surface area contributed by atoms with Crippen molar-refractivity contribution in [2.45, 2.75) is 64.3 Å². The molecule has 0 unspecified atom stereocenters. The molecule has 214 valence electrons. The minimum absolute atomic E-state index is 0.00893. The Kier molecular flexibility index (Phi) is 11.0. The van der Waals surface area contributed by atoms with Crippen LogP contribution in [-0.4, -0.2) is 51.3 Å². The van der Waals surface area contributed by atoms with E-state index in [1.54, 1.807) is 10.9 Å². The molecule has 1 aromatic heterocycles. The van der Waals surface area contributed by atoms with Gasteiger partial charge in [-0.1, -0.05) is 36.6 Å². The third-order valence-electron chi connectivity index (χ3n) is 6.19. The molecule has 1 aromatic carbocycles. The summed E-state index contributed by atoms with van der Waals surface area (Å²) in [5.41, 5.74) is 6.43. The highest BCUT2D eigenvalue weighted by molar-refractivity contribution is 5.91. The summed E-state index contributed by atoms with van der Waals surface area (Å²) in [6, 6.07) is 5.13. The van der Waals surface area contributed by atoms with Crippen molar-refractivity contribution in [2.24, 2.45) is 17.5 Å². The first kappa shape index (κ1) is 29.7. The van der Waals surface area contributed by atoms with Crippen LogP contribution in [0.1, 0.15) is 61.0 Å². The molecule has 14 heteroatoms. The number of halogens is 3. The van der Waals surface area contributed by atoms with E-state index in [-0.39, 0.29) is 23.8 Å². The maximum absolute atomic E-state index is 12.4. The second-order valence-corrected chi connectivity index (χ2v) is 9.53. The van der Waals surface area contributed by atoms with E-state index in [1.807, 2.05) is 0 Å². The Morgan fingerprint density at radius 3 is 2.72 bits per heavy atom. The number of nitrogens with one attached hydrogen (secondary N) is 2. The number of nitrogens with two attached hydrogens (primary N) is 2. The van der Waals surface area contributed by atoms with Crippen LogP contribution in [-0.2, 0) is 17.8 Å². The summed E-state index contributed by atoms with van der Waals surface area (Å²) in [6.07, 6.45) is 5.33. The van der Waals surface area contributed by atoms with E-state index in [1.165, 1.54) is 42.6 Å². The molecule has 0 spiro atoms. The highest BCUT2D eigenvalue weighted by Gasteiger charge is 2.31. The Morgan fingerprint density at radius 2 is 1.97 bits per heavy atom. The minimum atomic E-state index is -4.82. The Morgan fingerprint density at radius 1 is 1.21 bits per heavy atom. The Bertz CT molecular complexity index is 1120. The predicted molar refractivity (Wildman–Crippen MR) is 136 cm³/mol. The molecule has 0 radical (unpaired) electrons. The number of carbonyl (C=O) groups excluding carboxylic acids is 2. The van der Waals surface area contributed by atoms with Crippen molar-refractivity contribution in [1.82, 2.24) is 30.6 Å². The summed E-state index contributed by atoms with van der Waals surface area (Å²) in [5.74, 6) is 5.29. The number of unbranched alkanes of at least 4 members (excludes halogenated alkanes) is 1. The quantitative estimate of drug-likeness (QED) is 0.168. The van der Waals surface area contributed by atoms with Crippen LogP contribution in [0.25, 0.3) is 0 Å². The number of amides is 2. The van der Waals surface area contributed by atoms with Gasteiger partial charge in [0.25, 0.3) is 5.91 Å². The van der Waals surface area contributed by atoms with Gasteiger partial charge in [0.1, 0.15) is 11.6 Å². The van der Waals surface area contributed by atoms with E-state index < -0.39 is 18.0 Å². The smallest absolute Gasteiger partial charge is 0.406 e. The molecule has 3 rings (SSSR count). The first-order chi connectivity index (χ1) is 18.6. The van der Waals surface area contributed by atoms with Gasteiger partial charge in [0.2, 0.25) is 5.91 Å². The Labute approximate surface area is 224 Å². The third-order valence-corrected chi connectivity index (χ3v) is 6.19. The largest absolute Gasteiger partial charge is 0.573 e. The number of nitrogens with zero attached hydrogens (tertiary/aromatic N) is 4. The number of ether oxygens (including phenoxy) is 1. The highest BCUT2D eigenvalue weighted by Crippen LogP contribution is 2.24. The van der Waals surface area contributed by atoms with Crippen LogP contribution in [0.5, 0.6) is 5.75 Å². The van der Waals surface area contributed by atoms with Gasteiger partial charge in [0, 0.05) is 19.6 Å². The summed E-state index contributed by atoms with van der Waals surface area (Å²) in [5, 5.41) is 14.7. The standard InChI is InChI=1S/C25H35F3N8O3/c26-25(27,28)39-20-10-6-9-19(13-20)14-23(37)32-22(29)17-35(30)11-4-5-12-36-16-21(33-34-36)24(38)31-15-18-7-2-1-3-8-18/h6,9-10,13,16-18H,1-5,7-8,11-12,14-15,29-30H2,(H,31,38)(H,32,37)/b22-17+. The van der Waals surface area contributed by atoms with Gasteiger partial charge in [-0.25, -0.2) is 5.84 Å². The molecule has 11 nitrogen and oxygen atoms in total. The van der Waals surface area contributed by atoms with Crippen molar-refractivity contribution < 1.29 is 27.5 Å². The number of hydrogen-bond donors (Lipinski definition) is 4. The molecule has 39 heavy (non-hydrogen) atoms. The van der Waals surface area contributed by atoms with Gasteiger partial charge in [-0.3, -0.25) is 14.3 Å². The van der Waals surface area contributed by atoms with Crippen LogP contribution in [0.2, 0.25) is 0 Å². The first-order valence-electron chi connectivity index (χ1n) is 12.9. The van der Waals surface area contributed by atoms with Gasteiger partial charge in [-0.2, -0.15) is 0 Å². The molecular weight excluding hydrogens is 517 g/mol. The molecule has 2 aromatic rings. The lowest BCUT2D eigenvalue weighted by Gasteiger charge is -2.21.